The molecule has 1 N–H and O–H groups in total. The zero-order chi connectivity index (χ0) is 18.5. The van der Waals surface area contributed by atoms with Crippen LogP contribution in [0.2, 0.25) is 0 Å². The number of hydrogen-bond acceptors (Lipinski definition) is 7. The van der Waals surface area contributed by atoms with Gasteiger partial charge in [0.2, 0.25) is 12.4 Å². The van der Waals surface area contributed by atoms with E-state index in [2.05, 4.69) is 20.2 Å². The van der Waals surface area contributed by atoms with Crippen molar-refractivity contribution < 1.29 is 14.3 Å². The van der Waals surface area contributed by atoms with Crippen molar-refractivity contribution >= 4 is 23.9 Å². The number of carbonyl (C=O) groups is 1. The van der Waals surface area contributed by atoms with Gasteiger partial charge < -0.3 is 24.6 Å². The smallest absolute Gasteiger partial charge is 0.229 e. The van der Waals surface area contributed by atoms with E-state index in [4.69, 9.17) is 9.47 Å². The van der Waals surface area contributed by atoms with Crippen LogP contribution in [-0.2, 0) is 4.79 Å². The molecular formula is C18H23N5O3. The zero-order valence-corrected chi connectivity index (χ0v) is 15.2. The Morgan fingerprint density at radius 3 is 2.50 bits per heavy atom. The lowest BCUT2D eigenvalue weighted by Gasteiger charge is -2.33. The van der Waals surface area contributed by atoms with Crippen molar-refractivity contribution in [1.29, 1.82) is 0 Å². The second kappa shape index (κ2) is 7.90. The van der Waals surface area contributed by atoms with Gasteiger partial charge in [-0.15, -0.1) is 0 Å². The molecule has 2 aromatic rings. The SMILES string of the molecule is COc1ccc(OC)c(Nc2nc(C)cc(N3CCN(C=O)CC3)n2)c1. The third kappa shape index (κ3) is 3.96. The summed E-state index contributed by atoms with van der Waals surface area (Å²) in [4.78, 5) is 23.9. The van der Waals surface area contributed by atoms with Gasteiger partial charge in [-0.2, -0.15) is 4.98 Å². The van der Waals surface area contributed by atoms with Crippen molar-refractivity contribution in [1.82, 2.24) is 14.9 Å². The standard InChI is InChI=1S/C18H23N5O3/c1-13-10-17(23-8-6-22(12-24)7-9-23)21-18(19-13)20-15-11-14(25-2)4-5-16(15)26-3/h4-5,10-12H,6-9H2,1-3H3,(H,19,20,21). The average molecular weight is 357 g/mol. The topological polar surface area (TPSA) is 79.8 Å². The van der Waals surface area contributed by atoms with Gasteiger partial charge in [0.25, 0.3) is 0 Å². The number of nitrogens with one attached hydrogen (secondary N) is 1. The van der Waals surface area contributed by atoms with Crippen molar-refractivity contribution in [3.8, 4) is 11.5 Å². The first-order chi connectivity index (χ1) is 12.6. The fourth-order valence-electron chi connectivity index (χ4n) is 2.86. The summed E-state index contributed by atoms with van der Waals surface area (Å²) in [6.45, 7) is 4.81. The monoisotopic (exact) mass is 357 g/mol. The van der Waals surface area contributed by atoms with Crippen molar-refractivity contribution in [2.24, 2.45) is 0 Å². The molecule has 8 heteroatoms. The lowest BCUT2D eigenvalue weighted by Crippen LogP contribution is -2.46. The fourth-order valence-corrected chi connectivity index (χ4v) is 2.86. The maximum absolute atomic E-state index is 10.9. The zero-order valence-electron chi connectivity index (χ0n) is 15.2. The minimum Gasteiger partial charge on any atom is -0.497 e. The molecule has 1 fully saturated rings. The van der Waals surface area contributed by atoms with Crippen molar-refractivity contribution in [2.45, 2.75) is 6.92 Å². The molecule has 1 aromatic heterocycles. The van der Waals surface area contributed by atoms with Gasteiger partial charge in [0, 0.05) is 44.0 Å². The van der Waals surface area contributed by atoms with Crippen LogP contribution in [0.5, 0.6) is 11.5 Å². The molecule has 8 nitrogen and oxygen atoms in total. The lowest BCUT2D eigenvalue weighted by molar-refractivity contribution is -0.118. The third-order valence-corrected chi connectivity index (χ3v) is 4.28. The molecule has 0 atom stereocenters. The second-order valence-electron chi connectivity index (χ2n) is 6.01. The Balaban J connectivity index is 1.83. The summed E-state index contributed by atoms with van der Waals surface area (Å²) < 4.78 is 10.7. The minimum absolute atomic E-state index is 0.490. The Kier molecular flexibility index (Phi) is 5.40. The highest BCUT2D eigenvalue weighted by Gasteiger charge is 2.18. The van der Waals surface area contributed by atoms with E-state index in [-0.39, 0.29) is 0 Å². The molecule has 26 heavy (non-hydrogen) atoms. The number of piperazine rings is 1. The third-order valence-electron chi connectivity index (χ3n) is 4.28. The number of methoxy groups -OCH3 is 2. The van der Waals surface area contributed by atoms with Crippen LogP contribution in [0.4, 0.5) is 17.5 Å². The molecule has 138 valence electrons. The van der Waals surface area contributed by atoms with E-state index >= 15 is 0 Å². The normalized spacial score (nSPS) is 14.1. The predicted molar refractivity (Wildman–Crippen MR) is 99.4 cm³/mol. The van der Waals surface area contributed by atoms with Gasteiger partial charge in [-0.3, -0.25) is 4.79 Å². The van der Waals surface area contributed by atoms with Crippen LogP contribution in [0.15, 0.2) is 24.3 Å². The first-order valence-corrected chi connectivity index (χ1v) is 8.42. The Morgan fingerprint density at radius 1 is 1.08 bits per heavy atom. The number of aryl methyl sites for hydroxylation is 1. The number of ether oxygens (including phenoxy) is 2. The number of aromatic nitrogens is 2. The number of hydrogen-bond donors (Lipinski definition) is 1. The van der Waals surface area contributed by atoms with E-state index < -0.39 is 0 Å². The van der Waals surface area contributed by atoms with Gasteiger partial charge in [0.1, 0.15) is 17.3 Å². The number of carbonyl (C=O) groups excluding carboxylic acids is 1. The minimum atomic E-state index is 0.490. The molecule has 0 unspecified atom stereocenters. The van der Waals surface area contributed by atoms with Gasteiger partial charge in [-0.25, -0.2) is 4.98 Å². The summed E-state index contributed by atoms with van der Waals surface area (Å²) in [5, 5.41) is 3.22. The summed E-state index contributed by atoms with van der Waals surface area (Å²) in [5.74, 6) is 2.72. The molecule has 2 heterocycles. The van der Waals surface area contributed by atoms with E-state index in [1.165, 1.54) is 0 Å². The van der Waals surface area contributed by atoms with Crippen LogP contribution in [0.3, 0.4) is 0 Å². The molecule has 1 aromatic carbocycles. The Morgan fingerprint density at radius 2 is 1.85 bits per heavy atom. The van der Waals surface area contributed by atoms with E-state index in [9.17, 15) is 4.79 Å². The number of amides is 1. The van der Waals surface area contributed by atoms with Crippen molar-refractivity contribution in [2.75, 3.05) is 50.6 Å². The van der Waals surface area contributed by atoms with Gasteiger partial charge in [-0.1, -0.05) is 0 Å². The number of rotatable bonds is 6. The van der Waals surface area contributed by atoms with E-state index in [0.29, 0.717) is 30.5 Å². The average Bonchev–Trinajstić information content (AvgIpc) is 2.67. The van der Waals surface area contributed by atoms with Crippen LogP contribution in [0, 0.1) is 6.92 Å². The first kappa shape index (κ1) is 17.8. The lowest BCUT2D eigenvalue weighted by atomic mass is 10.2. The first-order valence-electron chi connectivity index (χ1n) is 8.42. The van der Waals surface area contributed by atoms with Gasteiger partial charge >= 0.3 is 0 Å². The Bertz CT molecular complexity index is 775. The summed E-state index contributed by atoms with van der Waals surface area (Å²) >= 11 is 0. The van der Waals surface area contributed by atoms with Crippen molar-refractivity contribution in [3.05, 3.63) is 30.0 Å². The molecule has 0 saturated carbocycles. The maximum Gasteiger partial charge on any atom is 0.229 e. The molecular weight excluding hydrogens is 334 g/mol. The molecule has 0 bridgehead atoms. The number of anilines is 3. The quantitative estimate of drug-likeness (QED) is 0.790. The largest absolute Gasteiger partial charge is 0.497 e. The van der Waals surface area contributed by atoms with Crippen LogP contribution in [0.25, 0.3) is 0 Å². The maximum atomic E-state index is 10.9. The molecule has 3 rings (SSSR count). The van der Waals surface area contributed by atoms with Crippen LogP contribution in [0.1, 0.15) is 5.69 Å². The molecule has 1 saturated heterocycles. The van der Waals surface area contributed by atoms with E-state index in [1.807, 2.05) is 31.2 Å². The molecule has 1 amide bonds. The molecule has 1 aliphatic rings. The van der Waals surface area contributed by atoms with Gasteiger partial charge in [-0.05, 0) is 19.1 Å². The summed E-state index contributed by atoms with van der Waals surface area (Å²) in [6, 6.07) is 7.45. The highest BCUT2D eigenvalue weighted by Crippen LogP contribution is 2.31. The number of nitrogens with zero attached hydrogens (tertiary/aromatic N) is 4. The molecule has 0 radical (unpaired) electrons. The Hall–Kier alpha value is -3.03. The van der Waals surface area contributed by atoms with Crippen LogP contribution >= 0.6 is 0 Å². The van der Waals surface area contributed by atoms with Crippen molar-refractivity contribution in [3.63, 3.8) is 0 Å². The number of benzene rings is 1. The highest BCUT2D eigenvalue weighted by molar-refractivity contribution is 5.65. The molecule has 1 aliphatic heterocycles. The second-order valence-corrected chi connectivity index (χ2v) is 6.01. The summed E-state index contributed by atoms with van der Waals surface area (Å²) in [6.07, 6.45) is 0.893. The van der Waals surface area contributed by atoms with E-state index in [0.717, 1.165) is 36.7 Å². The Labute approximate surface area is 152 Å². The van der Waals surface area contributed by atoms with Gasteiger partial charge in [0.05, 0.1) is 19.9 Å². The molecule has 0 aliphatic carbocycles. The molecule has 0 spiro atoms. The van der Waals surface area contributed by atoms with E-state index in [1.54, 1.807) is 19.1 Å². The fraction of sp³-hybridized carbons (Fsp3) is 0.389. The van der Waals surface area contributed by atoms with Crippen LogP contribution < -0.4 is 19.7 Å². The summed E-state index contributed by atoms with van der Waals surface area (Å²) in [7, 11) is 3.23. The van der Waals surface area contributed by atoms with Crippen LogP contribution in [-0.4, -0.2) is 61.7 Å². The van der Waals surface area contributed by atoms with Gasteiger partial charge in [0.15, 0.2) is 0 Å². The predicted octanol–water partition coefficient (Wildman–Crippen LogP) is 1.82. The highest BCUT2D eigenvalue weighted by atomic mass is 16.5. The summed E-state index contributed by atoms with van der Waals surface area (Å²) in [5.41, 5.74) is 1.59.